The molecule has 1 fully saturated rings. The molecule has 166 valence electrons. The van der Waals surface area contributed by atoms with Gasteiger partial charge in [-0.1, -0.05) is 0 Å². The fourth-order valence-corrected chi connectivity index (χ4v) is 3.82. The summed E-state index contributed by atoms with van der Waals surface area (Å²) in [5.74, 6) is 0.550. The maximum atomic E-state index is 12.4. The van der Waals surface area contributed by atoms with Crippen LogP contribution in [0.5, 0.6) is 5.88 Å². The third-order valence-corrected chi connectivity index (χ3v) is 5.25. The zero-order chi connectivity index (χ0) is 22.2. The molecule has 1 amide bonds. The number of aryl methyl sites for hydroxylation is 2. The van der Waals surface area contributed by atoms with Gasteiger partial charge in [0.2, 0.25) is 5.88 Å². The van der Waals surface area contributed by atoms with Crippen LogP contribution in [0.15, 0.2) is 24.7 Å². The van der Waals surface area contributed by atoms with Crippen LogP contribution >= 0.6 is 0 Å². The highest BCUT2D eigenvalue weighted by atomic mass is 16.6. The van der Waals surface area contributed by atoms with Crippen LogP contribution in [0.25, 0.3) is 16.8 Å². The van der Waals surface area contributed by atoms with E-state index in [2.05, 4.69) is 10.2 Å². The molecule has 0 spiro atoms. The standard InChI is InChI=1S/C22H30N6O3/c1-15-17(13-26(5)25-15)18-14-28-19(8-10-23-28)20(24-18)30-16-7-6-11-27(12-9-16)21(29)31-22(2,3)4/h8,10,13-14,16H,6-7,9,11-12H2,1-5H3. The van der Waals surface area contributed by atoms with Crippen LogP contribution in [0.1, 0.15) is 45.7 Å². The van der Waals surface area contributed by atoms with Crippen LogP contribution in [0, 0.1) is 6.92 Å². The van der Waals surface area contributed by atoms with Gasteiger partial charge in [0, 0.05) is 38.3 Å². The van der Waals surface area contributed by atoms with Crippen LogP contribution in [-0.4, -0.2) is 60.2 Å². The van der Waals surface area contributed by atoms with Gasteiger partial charge in [-0.2, -0.15) is 10.2 Å². The summed E-state index contributed by atoms with van der Waals surface area (Å²) in [4.78, 5) is 19.0. The second kappa shape index (κ2) is 8.20. The molecule has 4 heterocycles. The van der Waals surface area contributed by atoms with Gasteiger partial charge < -0.3 is 14.4 Å². The molecule has 1 aliphatic rings. The number of carbonyl (C=O) groups is 1. The number of amides is 1. The van der Waals surface area contributed by atoms with Gasteiger partial charge in [0.25, 0.3) is 0 Å². The molecule has 1 atom stereocenters. The molecule has 0 aromatic carbocycles. The van der Waals surface area contributed by atoms with Gasteiger partial charge >= 0.3 is 6.09 Å². The van der Waals surface area contributed by atoms with Gasteiger partial charge in [-0.05, 0) is 46.6 Å². The fraction of sp³-hybridized carbons (Fsp3) is 0.545. The summed E-state index contributed by atoms with van der Waals surface area (Å²) in [5.41, 5.74) is 2.93. The number of hydrogen-bond acceptors (Lipinski definition) is 6. The van der Waals surface area contributed by atoms with Crippen LogP contribution in [0.4, 0.5) is 4.79 Å². The maximum Gasteiger partial charge on any atom is 0.410 e. The second-order valence-electron chi connectivity index (χ2n) is 9.03. The molecule has 0 N–H and O–H groups in total. The lowest BCUT2D eigenvalue weighted by Gasteiger charge is -2.26. The lowest BCUT2D eigenvalue weighted by atomic mass is 10.1. The summed E-state index contributed by atoms with van der Waals surface area (Å²) < 4.78 is 15.5. The third-order valence-electron chi connectivity index (χ3n) is 5.25. The first-order valence-electron chi connectivity index (χ1n) is 10.7. The highest BCUT2D eigenvalue weighted by Gasteiger charge is 2.26. The SMILES string of the molecule is Cc1nn(C)cc1-c1cn2nccc2c(OC2CCCN(C(=O)OC(C)(C)C)CC2)n1. The predicted molar refractivity (Wildman–Crippen MR) is 116 cm³/mol. The van der Waals surface area contributed by atoms with Gasteiger partial charge in [0.15, 0.2) is 0 Å². The number of ether oxygens (including phenoxy) is 2. The van der Waals surface area contributed by atoms with Gasteiger partial charge in [-0.3, -0.25) is 4.68 Å². The molecule has 0 saturated carbocycles. The van der Waals surface area contributed by atoms with Gasteiger partial charge in [0.05, 0.1) is 23.8 Å². The van der Waals surface area contributed by atoms with E-state index < -0.39 is 5.60 Å². The molecule has 1 aliphatic heterocycles. The van der Waals surface area contributed by atoms with E-state index in [-0.39, 0.29) is 12.2 Å². The van der Waals surface area contributed by atoms with E-state index in [1.807, 2.05) is 53.2 Å². The Kier molecular flexibility index (Phi) is 5.60. The number of rotatable bonds is 3. The molecule has 0 radical (unpaired) electrons. The zero-order valence-corrected chi connectivity index (χ0v) is 18.8. The summed E-state index contributed by atoms with van der Waals surface area (Å²) >= 11 is 0. The predicted octanol–water partition coefficient (Wildman–Crippen LogP) is 3.61. The minimum Gasteiger partial charge on any atom is -0.473 e. The van der Waals surface area contributed by atoms with E-state index in [9.17, 15) is 4.79 Å². The number of fused-ring (bicyclic) bond motifs is 1. The second-order valence-corrected chi connectivity index (χ2v) is 9.03. The van der Waals surface area contributed by atoms with Crippen molar-refractivity contribution >= 4 is 11.6 Å². The first-order chi connectivity index (χ1) is 14.7. The molecule has 1 saturated heterocycles. The number of aromatic nitrogens is 5. The number of nitrogens with zero attached hydrogens (tertiary/aromatic N) is 6. The van der Waals surface area contributed by atoms with Crippen molar-refractivity contribution in [2.45, 2.75) is 58.7 Å². The van der Waals surface area contributed by atoms with Crippen molar-refractivity contribution in [2.75, 3.05) is 13.1 Å². The molecule has 1 unspecified atom stereocenters. The zero-order valence-electron chi connectivity index (χ0n) is 18.8. The van der Waals surface area contributed by atoms with E-state index in [1.165, 1.54) is 0 Å². The lowest BCUT2D eigenvalue weighted by Crippen LogP contribution is -2.37. The Bertz CT molecular complexity index is 1080. The molecule has 4 rings (SSSR count). The average Bonchev–Trinajstić information content (AvgIpc) is 3.20. The highest BCUT2D eigenvalue weighted by molar-refractivity contribution is 5.68. The van der Waals surface area contributed by atoms with Crippen molar-refractivity contribution in [3.05, 3.63) is 30.4 Å². The topological polar surface area (TPSA) is 86.8 Å². The Morgan fingerprint density at radius 2 is 2.00 bits per heavy atom. The molecule has 9 nitrogen and oxygen atoms in total. The lowest BCUT2D eigenvalue weighted by molar-refractivity contribution is 0.0252. The van der Waals surface area contributed by atoms with Crippen molar-refractivity contribution in [2.24, 2.45) is 7.05 Å². The van der Waals surface area contributed by atoms with Crippen molar-refractivity contribution in [1.29, 1.82) is 0 Å². The summed E-state index contributed by atoms with van der Waals surface area (Å²) in [6.45, 7) is 8.87. The maximum absolute atomic E-state index is 12.4. The highest BCUT2D eigenvalue weighted by Crippen LogP contribution is 2.28. The van der Waals surface area contributed by atoms with E-state index in [1.54, 1.807) is 20.3 Å². The van der Waals surface area contributed by atoms with E-state index in [0.29, 0.717) is 19.0 Å². The van der Waals surface area contributed by atoms with E-state index in [4.69, 9.17) is 14.5 Å². The molecule has 31 heavy (non-hydrogen) atoms. The molecular weight excluding hydrogens is 396 g/mol. The Morgan fingerprint density at radius 1 is 1.19 bits per heavy atom. The molecule has 0 aliphatic carbocycles. The Morgan fingerprint density at radius 3 is 2.71 bits per heavy atom. The van der Waals surface area contributed by atoms with Gasteiger partial charge in [0.1, 0.15) is 17.2 Å². The average molecular weight is 427 g/mol. The summed E-state index contributed by atoms with van der Waals surface area (Å²) in [6, 6.07) is 1.89. The number of hydrogen-bond donors (Lipinski definition) is 0. The van der Waals surface area contributed by atoms with Crippen LogP contribution < -0.4 is 4.74 Å². The number of likely N-dealkylation sites (tertiary alicyclic amines) is 1. The quantitative estimate of drug-likeness (QED) is 0.636. The largest absolute Gasteiger partial charge is 0.473 e. The van der Waals surface area contributed by atoms with E-state index in [0.717, 1.165) is 41.7 Å². The third kappa shape index (κ3) is 4.81. The summed E-state index contributed by atoms with van der Waals surface area (Å²) in [5, 5.41) is 8.80. The summed E-state index contributed by atoms with van der Waals surface area (Å²) in [7, 11) is 1.89. The number of carbonyl (C=O) groups excluding carboxylic acids is 1. The summed E-state index contributed by atoms with van der Waals surface area (Å²) in [6.07, 6.45) is 7.68. The fourth-order valence-electron chi connectivity index (χ4n) is 3.82. The Labute approximate surface area is 182 Å². The molecule has 3 aromatic rings. The minimum atomic E-state index is -0.498. The van der Waals surface area contributed by atoms with Crippen molar-refractivity contribution < 1.29 is 14.3 Å². The van der Waals surface area contributed by atoms with Gasteiger partial charge in [-0.15, -0.1) is 0 Å². The molecule has 0 bridgehead atoms. The normalized spacial score (nSPS) is 17.6. The van der Waals surface area contributed by atoms with Crippen molar-refractivity contribution in [1.82, 2.24) is 29.3 Å². The Hall–Kier alpha value is -3.10. The monoisotopic (exact) mass is 426 g/mol. The first-order valence-corrected chi connectivity index (χ1v) is 10.7. The van der Waals surface area contributed by atoms with Crippen molar-refractivity contribution in [3.63, 3.8) is 0 Å². The van der Waals surface area contributed by atoms with Crippen LogP contribution in [0.2, 0.25) is 0 Å². The van der Waals surface area contributed by atoms with Gasteiger partial charge in [-0.25, -0.2) is 14.3 Å². The van der Waals surface area contributed by atoms with Crippen LogP contribution in [0.3, 0.4) is 0 Å². The van der Waals surface area contributed by atoms with Crippen LogP contribution in [-0.2, 0) is 11.8 Å². The molecule has 3 aromatic heterocycles. The smallest absolute Gasteiger partial charge is 0.410 e. The molecular formula is C22H30N6O3. The van der Waals surface area contributed by atoms with Crippen molar-refractivity contribution in [3.8, 4) is 17.1 Å². The Balaban J connectivity index is 1.53. The van der Waals surface area contributed by atoms with E-state index >= 15 is 0 Å². The minimum absolute atomic E-state index is 0.0381. The first kappa shape index (κ1) is 21.1. The molecule has 9 heteroatoms.